The first-order valence-electron chi connectivity index (χ1n) is 6.26. The summed E-state index contributed by atoms with van der Waals surface area (Å²) in [5.74, 6) is -1.19. The van der Waals surface area contributed by atoms with Gasteiger partial charge in [-0.25, -0.2) is 4.79 Å². The molecule has 0 amide bonds. The number of quaternary nitrogens is 1. The third-order valence-corrected chi connectivity index (χ3v) is 3.61. The number of carboxylic acids is 1. The van der Waals surface area contributed by atoms with Crippen LogP contribution in [0.3, 0.4) is 0 Å². The van der Waals surface area contributed by atoms with Crippen LogP contribution < -0.4 is 0 Å². The molecule has 4 heteroatoms. The summed E-state index contributed by atoms with van der Waals surface area (Å²) in [6, 6.07) is 9.12. The van der Waals surface area contributed by atoms with E-state index in [1.165, 1.54) is 0 Å². The van der Waals surface area contributed by atoms with Crippen LogP contribution in [-0.4, -0.2) is 15.7 Å². The lowest BCUT2D eigenvalue weighted by molar-refractivity contribution is -0.751. The second-order valence-electron chi connectivity index (χ2n) is 4.78. The van der Waals surface area contributed by atoms with Crippen LogP contribution in [-0.2, 0) is 4.79 Å². The molecule has 0 aromatic heterocycles. The summed E-state index contributed by atoms with van der Waals surface area (Å²) in [4.78, 5) is 11.6. The summed E-state index contributed by atoms with van der Waals surface area (Å²) in [5.41, 5.74) is 1.94. The van der Waals surface area contributed by atoms with Gasteiger partial charge in [-0.2, -0.15) is 0 Å². The highest BCUT2D eigenvalue weighted by atomic mass is 16.6. The summed E-state index contributed by atoms with van der Waals surface area (Å²) in [6.07, 6.45) is 6.75. The van der Waals surface area contributed by atoms with Gasteiger partial charge in [0.25, 0.3) is 0 Å². The van der Waals surface area contributed by atoms with Crippen molar-refractivity contribution in [1.82, 2.24) is 0 Å². The van der Waals surface area contributed by atoms with Crippen molar-refractivity contribution < 1.29 is 14.5 Å². The van der Waals surface area contributed by atoms with Gasteiger partial charge in [-0.15, -0.1) is 0 Å². The fourth-order valence-corrected chi connectivity index (χ4v) is 2.62. The standard InChI is InChI=1S/C16H13NO3/c1-11-6-5-9-13-10-14(12-7-3-2-4-8-12)15(16(18)19)17(11,13)20/h2-10H,1H3,(H,18,19). The third-order valence-electron chi connectivity index (χ3n) is 3.61. The highest BCUT2D eigenvalue weighted by Gasteiger charge is 2.43. The Labute approximate surface area is 116 Å². The second-order valence-corrected chi connectivity index (χ2v) is 4.78. The zero-order valence-electron chi connectivity index (χ0n) is 10.9. The molecule has 0 radical (unpaired) electrons. The molecule has 0 bridgehead atoms. The van der Waals surface area contributed by atoms with Crippen LogP contribution in [0.5, 0.6) is 0 Å². The smallest absolute Gasteiger partial charge is 0.392 e. The molecule has 0 saturated carbocycles. The molecule has 1 N–H and O–H groups in total. The van der Waals surface area contributed by atoms with E-state index in [0.29, 0.717) is 17.0 Å². The Morgan fingerprint density at radius 3 is 2.60 bits per heavy atom. The van der Waals surface area contributed by atoms with Gasteiger partial charge in [-0.1, -0.05) is 36.4 Å². The maximum Gasteiger partial charge on any atom is 0.392 e. The quantitative estimate of drug-likeness (QED) is 0.661. The van der Waals surface area contributed by atoms with E-state index in [9.17, 15) is 15.1 Å². The molecule has 1 aromatic carbocycles. The number of carbonyl (C=O) groups is 1. The highest BCUT2D eigenvalue weighted by Crippen LogP contribution is 2.44. The van der Waals surface area contributed by atoms with Crippen molar-refractivity contribution in [1.29, 1.82) is 0 Å². The predicted octanol–water partition coefficient (Wildman–Crippen LogP) is 3.17. The lowest BCUT2D eigenvalue weighted by atomic mass is 10.0. The molecular weight excluding hydrogens is 254 g/mol. The molecule has 1 unspecified atom stereocenters. The second kappa shape index (κ2) is 4.30. The number of aliphatic carboxylic acids is 1. The molecule has 0 fully saturated rings. The molecule has 0 saturated heterocycles. The number of hydrogen-bond donors (Lipinski definition) is 1. The predicted molar refractivity (Wildman–Crippen MR) is 75.6 cm³/mol. The van der Waals surface area contributed by atoms with E-state index in [2.05, 4.69) is 0 Å². The first kappa shape index (κ1) is 12.6. The van der Waals surface area contributed by atoms with Gasteiger partial charge < -0.3 is 10.3 Å². The lowest BCUT2D eigenvalue weighted by Gasteiger charge is -2.41. The molecule has 4 nitrogen and oxygen atoms in total. The maximum absolute atomic E-state index is 13.1. The van der Waals surface area contributed by atoms with Crippen molar-refractivity contribution in [3.05, 3.63) is 82.5 Å². The van der Waals surface area contributed by atoms with Gasteiger partial charge in [0, 0.05) is 19.1 Å². The fourth-order valence-electron chi connectivity index (χ4n) is 2.62. The fraction of sp³-hybridized carbons (Fsp3) is 0.0625. The Kier molecular flexibility index (Phi) is 2.71. The van der Waals surface area contributed by atoms with Crippen molar-refractivity contribution in [3.63, 3.8) is 0 Å². The number of carboxylic acid groups (broad SMARTS) is 1. The average molecular weight is 267 g/mol. The molecule has 2 aliphatic heterocycles. The highest BCUT2D eigenvalue weighted by molar-refractivity contribution is 5.99. The minimum absolute atomic E-state index is 0.149. The monoisotopic (exact) mass is 267 g/mol. The SMILES string of the molecule is CC1=CC=CC2=CC(c3ccccc3)=C(C(=O)O)[N+]12[O-]. The Bertz CT molecular complexity index is 710. The van der Waals surface area contributed by atoms with Gasteiger partial charge in [0.05, 0.1) is 5.57 Å². The zero-order valence-corrected chi connectivity index (χ0v) is 10.9. The van der Waals surface area contributed by atoms with E-state index in [0.717, 1.165) is 5.56 Å². The summed E-state index contributed by atoms with van der Waals surface area (Å²) in [5, 5.41) is 22.6. The minimum atomic E-state index is -1.19. The van der Waals surface area contributed by atoms with Crippen LogP contribution in [0.2, 0.25) is 0 Å². The van der Waals surface area contributed by atoms with Crippen molar-refractivity contribution in [2.24, 2.45) is 0 Å². The largest absolute Gasteiger partial charge is 0.616 e. The van der Waals surface area contributed by atoms with Gasteiger partial charge in [0.15, 0.2) is 0 Å². The van der Waals surface area contributed by atoms with Gasteiger partial charge in [-0.3, -0.25) is 4.65 Å². The number of fused-ring (bicyclic) bond motifs is 1. The summed E-state index contributed by atoms with van der Waals surface area (Å²) >= 11 is 0. The molecule has 2 heterocycles. The molecule has 3 rings (SSSR count). The van der Waals surface area contributed by atoms with Crippen molar-refractivity contribution in [3.8, 4) is 0 Å². The maximum atomic E-state index is 13.1. The summed E-state index contributed by atoms with van der Waals surface area (Å²) < 4.78 is -1.00. The van der Waals surface area contributed by atoms with E-state index < -0.39 is 10.6 Å². The number of nitrogens with zero attached hydrogens (tertiary/aromatic N) is 1. The summed E-state index contributed by atoms with van der Waals surface area (Å²) in [6.45, 7) is 1.65. The van der Waals surface area contributed by atoms with E-state index in [1.54, 1.807) is 31.2 Å². The van der Waals surface area contributed by atoms with E-state index >= 15 is 0 Å². The molecule has 20 heavy (non-hydrogen) atoms. The van der Waals surface area contributed by atoms with Gasteiger partial charge in [-0.05, 0) is 11.6 Å². The summed E-state index contributed by atoms with van der Waals surface area (Å²) in [7, 11) is 0. The molecule has 1 aromatic rings. The van der Waals surface area contributed by atoms with E-state index in [-0.39, 0.29) is 5.70 Å². The number of rotatable bonds is 2. The van der Waals surface area contributed by atoms with Crippen LogP contribution in [0.4, 0.5) is 0 Å². The molecule has 0 spiro atoms. The molecule has 2 aliphatic rings. The zero-order chi connectivity index (χ0) is 14.3. The molecule has 0 aliphatic carbocycles. The topological polar surface area (TPSA) is 60.4 Å². The van der Waals surface area contributed by atoms with E-state index in [4.69, 9.17) is 0 Å². The normalized spacial score (nSPS) is 24.3. The van der Waals surface area contributed by atoms with Crippen molar-refractivity contribution in [2.45, 2.75) is 6.92 Å². The van der Waals surface area contributed by atoms with Gasteiger partial charge >= 0.3 is 5.97 Å². The Balaban J connectivity index is 2.28. The van der Waals surface area contributed by atoms with E-state index in [1.807, 2.05) is 30.3 Å². The Hall–Kier alpha value is -2.43. The number of benzene rings is 1. The first-order chi connectivity index (χ1) is 9.55. The Morgan fingerprint density at radius 1 is 1.25 bits per heavy atom. The minimum Gasteiger partial charge on any atom is -0.616 e. The van der Waals surface area contributed by atoms with Crippen molar-refractivity contribution in [2.75, 3.05) is 0 Å². The average Bonchev–Trinajstić information content (AvgIpc) is 2.75. The number of hydrogen-bond acceptors (Lipinski definition) is 2. The van der Waals surface area contributed by atoms with Crippen LogP contribution >= 0.6 is 0 Å². The first-order valence-corrected chi connectivity index (χ1v) is 6.26. The third kappa shape index (κ3) is 1.59. The van der Waals surface area contributed by atoms with Crippen LogP contribution in [0, 0.1) is 5.21 Å². The van der Waals surface area contributed by atoms with Crippen LogP contribution in [0.25, 0.3) is 5.57 Å². The molecular formula is C16H13NO3. The van der Waals surface area contributed by atoms with Crippen LogP contribution in [0.15, 0.2) is 71.7 Å². The van der Waals surface area contributed by atoms with Crippen molar-refractivity contribution >= 4 is 11.5 Å². The Morgan fingerprint density at radius 2 is 1.95 bits per heavy atom. The van der Waals surface area contributed by atoms with Crippen LogP contribution in [0.1, 0.15) is 12.5 Å². The molecule has 1 atom stereocenters. The number of allylic oxidation sites excluding steroid dienone is 6. The lowest BCUT2D eigenvalue weighted by Crippen LogP contribution is -2.39. The van der Waals surface area contributed by atoms with Gasteiger partial charge in [0.1, 0.15) is 11.4 Å². The number of hydroxylamine groups is 3. The molecule has 100 valence electrons. The van der Waals surface area contributed by atoms with Gasteiger partial charge in [0.2, 0.25) is 5.70 Å².